The predicted molar refractivity (Wildman–Crippen MR) is 99.1 cm³/mol. The third-order valence-electron chi connectivity index (χ3n) is 5.20. The quantitative estimate of drug-likeness (QED) is 0.671. The highest BCUT2D eigenvalue weighted by Gasteiger charge is 2.25. The van der Waals surface area contributed by atoms with E-state index in [0.29, 0.717) is 50.8 Å². The summed E-state index contributed by atoms with van der Waals surface area (Å²) in [5.74, 6) is 1.34. The van der Waals surface area contributed by atoms with Crippen LogP contribution >= 0.6 is 0 Å². The summed E-state index contributed by atoms with van der Waals surface area (Å²) in [6, 6.07) is 6.01. The minimum absolute atomic E-state index is 0.233. The van der Waals surface area contributed by atoms with E-state index in [9.17, 15) is 4.79 Å². The number of hydrogen-bond donors (Lipinski definition) is 0. The zero-order chi connectivity index (χ0) is 19.1. The van der Waals surface area contributed by atoms with Crippen molar-refractivity contribution in [1.82, 2.24) is 24.8 Å². The average Bonchev–Trinajstić information content (AvgIpc) is 3.34. The fourth-order valence-electron chi connectivity index (χ4n) is 3.47. The monoisotopic (exact) mass is 384 g/mol. The smallest absolute Gasteiger partial charge is 0.409 e. The number of hydrogen-bond acceptors (Lipinski definition) is 8. The van der Waals surface area contributed by atoms with Gasteiger partial charge in [0.2, 0.25) is 0 Å². The van der Waals surface area contributed by atoms with Crippen LogP contribution in [0.2, 0.25) is 0 Å². The molecule has 2 saturated heterocycles. The van der Waals surface area contributed by atoms with Crippen molar-refractivity contribution in [3.8, 4) is 11.5 Å². The van der Waals surface area contributed by atoms with Gasteiger partial charge >= 0.3 is 6.09 Å². The van der Waals surface area contributed by atoms with Gasteiger partial charge < -0.3 is 23.8 Å². The van der Waals surface area contributed by atoms with Crippen molar-refractivity contribution in [2.24, 2.45) is 0 Å². The lowest BCUT2D eigenvalue weighted by molar-refractivity contribution is -0.0269. The summed E-state index contributed by atoms with van der Waals surface area (Å²) in [6.07, 6.45) is 1.52. The lowest BCUT2D eigenvalue weighted by atomic mass is 10.2. The molecule has 5 rings (SSSR count). The van der Waals surface area contributed by atoms with E-state index >= 15 is 0 Å². The number of piperazine rings is 1. The second kappa shape index (κ2) is 6.79. The van der Waals surface area contributed by atoms with Gasteiger partial charge in [0.1, 0.15) is 11.7 Å². The maximum absolute atomic E-state index is 11.6. The Labute approximate surface area is 160 Å². The number of carbonyl (C=O) groups excluding carboxylic acids is 1. The van der Waals surface area contributed by atoms with E-state index in [-0.39, 0.29) is 12.1 Å². The lowest BCUT2D eigenvalue weighted by Gasteiger charge is -2.33. The van der Waals surface area contributed by atoms with Crippen LogP contribution in [-0.2, 0) is 9.47 Å². The SMILES string of the molecule is COC(=O)N1CCN(c2cc(-c3ccc4cnn(C5COC5)c4n3)on2)CC1. The summed E-state index contributed by atoms with van der Waals surface area (Å²) in [6.45, 7) is 3.83. The number of nitrogens with zero attached hydrogens (tertiary/aromatic N) is 6. The summed E-state index contributed by atoms with van der Waals surface area (Å²) in [5, 5.41) is 9.61. The lowest BCUT2D eigenvalue weighted by Crippen LogP contribution is -2.48. The first-order chi connectivity index (χ1) is 13.7. The van der Waals surface area contributed by atoms with Crippen molar-refractivity contribution in [3.63, 3.8) is 0 Å². The first-order valence-corrected chi connectivity index (χ1v) is 9.20. The number of aromatic nitrogens is 4. The Morgan fingerprint density at radius 2 is 2.04 bits per heavy atom. The molecule has 0 aromatic carbocycles. The molecule has 28 heavy (non-hydrogen) atoms. The number of carbonyl (C=O) groups is 1. The Morgan fingerprint density at radius 3 is 2.75 bits per heavy atom. The molecule has 0 bridgehead atoms. The van der Waals surface area contributed by atoms with E-state index in [1.54, 1.807) is 4.90 Å². The highest BCUT2D eigenvalue weighted by atomic mass is 16.5. The van der Waals surface area contributed by atoms with E-state index in [1.165, 1.54) is 7.11 Å². The standard InChI is InChI=1S/C18H20N6O4/c1-26-18(25)23-6-4-22(5-7-23)16-8-15(28-21-16)14-3-2-12-9-19-24(17(12)20-14)13-10-27-11-13/h2-3,8-9,13H,4-7,10-11H2,1H3. The summed E-state index contributed by atoms with van der Waals surface area (Å²) >= 11 is 0. The second-order valence-electron chi connectivity index (χ2n) is 6.88. The van der Waals surface area contributed by atoms with Crippen LogP contribution in [0, 0.1) is 0 Å². The van der Waals surface area contributed by atoms with Crippen LogP contribution < -0.4 is 4.90 Å². The minimum Gasteiger partial charge on any atom is -0.453 e. The van der Waals surface area contributed by atoms with Crippen molar-refractivity contribution in [1.29, 1.82) is 0 Å². The molecule has 10 heteroatoms. The predicted octanol–water partition coefficient (Wildman–Crippen LogP) is 1.55. The molecule has 0 atom stereocenters. The van der Waals surface area contributed by atoms with Crippen LogP contribution in [0.15, 0.2) is 28.9 Å². The molecule has 2 fully saturated rings. The van der Waals surface area contributed by atoms with Crippen LogP contribution in [0.1, 0.15) is 6.04 Å². The van der Waals surface area contributed by atoms with Gasteiger partial charge in [0.25, 0.3) is 0 Å². The third kappa shape index (κ3) is 2.85. The Hall–Kier alpha value is -3.14. The van der Waals surface area contributed by atoms with Gasteiger partial charge in [-0.3, -0.25) is 0 Å². The molecule has 0 saturated carbocycles. The van der Waals surface area contributed by atoms with Gasteiger partial charge in [-0.05, 0) is 12.1 Å². The highest BCUT2D eigenvalue weighted by Crippen LogP contribution is 2.27. The number of pyridine rings is 1. The molecule has 0 spiro atoms. The third-order valence-corrected chi connectivity index (χ3v) is 5.20. The molecule has 10 nitrogen and oxygen atoms in total. The van der Waals surface area contributed by atoms with Crippen LogP contribution in [0.4, 0.5) is 10.6 Å². The molecule has 2 aliphatic heterocycles. The molecule has 2 aliphatic rings. The molecular weight excluding hydrogens is 364 g/mol. The number of amides is 1. The Bertz CT molecular complexity index is 1000. The zero-order valence-electron chi connectivity index (χ0n) is 15.4. The van der Waals surface area contributed by atoms with E-state index < -0.39 is 0 Å². The summed E-state index contributed by atoms with van der Waals surface area (Å²) in [7, 11) is 1.40. The van der Waals surface area contributed by atoms with Crippen LogP contribution in [-0.4, -0.2) is 77.4 Å². The molecule has 3 aromatic heterocycles. The van der Waals surface area contributed by atoms with Gasteiger partial charge in [0.05, 0.1) is 26.5 Å². The molecule has 1 amide bonds. The van der Waals surface area contributed by atoms with Gasteiger partial charge in [0, 0.05) is 37.6 Å². The van der Waals surface area contributed by atoms with Crippen molar-refractivity contribution in [2.75, 3.05) is 51.4 Å². The largest absolute Gasteiger partial charge is 0.453 e. The number of fused-ring (bicyclic) bond motifs is 1. The van der Waals surface area contributed by atoms with Crippen molar-refractivity contribution in [3.05, 3.63) is 24.4 Å². The van der Waals surface area contributed by atoms with E-state index in [4.69, 9.17) is 19.0 Å². The van der Waals surface area contributed by atoms with Crippen LogP contribution in [0.3, 0.4) is 0 Å². The Kier molecular flexibility index (Phi) is 4.12. The van der Waals surface area contributed by atoms with Gasteiger partial charge in [-0.15, -0.1) is 0 Å². The normalized spacial score (nSPS) is 17.8. The molecule has 5 heterocycles. The van der Waals surface area contributed by atoms with Crippen molar-refractivity contribution < 1.29 is 18.8 Å². The van der Waals surface area contributed by atoms with Crippen LogP contribution in [0.5, 0.6) is 0 Å². The molecule has 0 unspecified atom stereocenters. The Balaban J connectivity index is 1.35. The maximum Gasteiger partial charge on any atom is 0.409 e. The second-order valence-corrected chi connectivity index (χ2v) is 6.88. The molecule has 0 radical (unpaired) electrons. The first kappa shape index (κ1) is 17.0. The summed E-state index contributed by atoms with van der Waals surface area (Å²) in [5.41, 5.74) is 1.52. The van der Waals surface area contributed by atoms with Gasteiger partial charge in [0.15, 0.2) is 17.2 Å². The maximum atomic E-state index is 11.6. The summed E-state index contributed by atoms with van der Waals surface area (Å²) < 4.78 is 17.5. The topological polar surface area (TPSA) is 98.8 Å². The van der Waals surface area contributed by atoms with E-state index in [2.05, 4.69) is 15.2 Å². The van der Waals surface area contributed by atoms with E-state index in [1.807, 2.05) is 29.1 Å². The molecule has 0 N–H and O–H groups in total. The van der Waals surface area contributed by atoms with Gasteiger partial charge in [-0.25, -0.2) is 14.5 Å². The van der Waals surface area contributed by atoms with Crippen molar-refractivity contribution >= 4 is 22.9 Å². The number of ether oxygens (including phenoxy) is 2. The average molecular weight is 384 g/mol. The van der Waals surface area contributed by atoms with Crippen molar-refractivity contribution in [2.45, 2.75) is 6.04 Å². The minimum atomic E-state index is -0.300. The fraction of sp³-hybridized carbons (Fsp3) is 0.444. The van der Waals surface area contributed by atoms with Crippen LogP contribution in [0.25, 0.3) is 22.5 Å². The van der Waals surface area contributed by atoms with E-state index in [0.717, 1.165) is 16.9 Å². The van der Waals surface area contributed by atoms with Gasteiger partial charge in [-0.1, -0.05) is 5.16 Å². The zero-order valence-corrected chi connectivity index (χ0v) is 15.4. The highest BCUT2D eigenvalue weighted by molar-refractivity contribution is 5.78. The Morgan fingerprint density at radius 1 is 1.21 bits per heavy atom. The molecule has 146 valence electrons. The number of anilines is 1. The summed E-state index contributed by atoms with van der Waals surface area (Å²) in [4.78, 5) is 20.1. The first-order valence-electron chi connectivity index (χ1n) is 9.20. The molecular formula is C18H20N6O4. The number of rotatable bonds is 3. The number of methoxy groups -OCH3 is 1. The molecule has 3 aromatic rings. The fourth-order valence-corrected chi connectivity index (χ4v) is 3.47. The van der Waals surface area contributed by atoms with Gasteiger partial charge in [-0.2, -0.15) is 5.10 Å². The molecule has 0 aliphatic carbocycles.